The molecular weight excluding hydrogens is 572 g/mol. The maximum absolute atomic E-state index is 15.1. The van der Waals surface area contributed by atoms with Gasteiger partial charge in [-0.1, -0.05) is 17.7 Å². The summed E-state index contributed by atoms with van der Waals surface area (Å²) in [4.78, 5) is 7.64. The van der Waals surface area contributed by atoms with E-state index < -0.39 is 29.5 Å². The number of aliphatic imine (C=N–C) groups is 1. The second-order valence-electron chi connectivity index (χ2n) is 9.54. The van der Waals surface area contributed by atoms with Crippen LogP contribution in [-0.4, -0.2) is 28.3 Å². The van der Waals surface area contributed by atoms with Crippen LogP contribution in [0.1, 0.15) is 34.7 Å². The van der Waals surface area contributed by atoms with Crippen molar-refractivity contribution in [3.05, 3.63) is 88.5 Å². The Labute approximate surface area is 245 Å². The van der Waals surface area contributed by atoms with Crippen LogP contribution in [0.2, 0.25) is 0 Å². The number of hydrogen-bond acceptors (Lipinski definition) is 4. The molecule has 1 aliphatic rings. The van der Waals surface area contributed by atoms with E-state index in [1.165, 1.54) is 17.0 Å². The molecule has 1 unspecified atom stereocenters. The highest BCUT2D eigenvalue weighted by Crippen LogP contribution is 2.39. The normalized spacial score (nSPS) is 17.9. The van der Waals surface area contributed by atoms with Crippen molar-refractivity contribution < 1.29 is 17.6 Å². The third kappa shape index (κ3) is 5.62. The van der Waals surface area contributed by atoms with Gasteiger partial charge in [0.2, 0.25) is 0 Å². The van der Waals surface area contributed by atoms with Crippen molar-refractivity contribution in [1.82, 2.24) is 0 Å². The fraction of sp³-hybridized carbons (Fsp3) is 0.207. The third-order valence-corrected chi connectivity index (χ3v) is 7.17. The van der Waals surface area contributed by atoms with Crippen LogP contribution in [0.15, 0.2) is 65.7 Å². The van der Waals surface area contributed by atoms with E-state index in [1.807, 2.05) is 19.1 Å². The lowest BCUT2D eigenvalue weighted by atomic mass is 10.00. The molecule has 1 heterocycles. The zero-order valence-corrected chi connectivity index (χ0v) is 23.7. The van der Waals surface area contributed by atoms with Gasteiger partial charge in [0.05, 0.1) is 28.8 Å². The van der Waals surface area contributed by atoms with Gasteiger partial charge in [-0.2, -0.15) is 23.7 Å². The fourth-order valence-electron chi connectivity index (χ4n) is 4.47. The van der Waals surface area contributed by atoms with Crippen molar-refractivity contribution in [2.45, 2.75) is 32.5 Å². The molecule has 41 heavy (non-hydrogen) atoms. The fourth-order valence-corrected chi connectivity index (χ4v) is 5.17. The predicted molar refractivity (Wildman–Crippen MR) is 159 cm³/mol. The van der Waals surface area contributed by atoms with Gasteiger partial charge in [0.15, 0.2) is 10.2 Å². The minimum absolute atomic E-state index is 0.0515. The Bertz CT molecular complexity index is 1650. The van der Waals surface area contributed by atoms with Crippen LogP contribution in [0, 0.1) is 36.5 Å². The number of hydrogen-bond donors (Lipinski definition) is 1. The molecule has 208 valence electrons. The zero-order valence-electron chi connectivity index (χ0n) is 22.0. The average molecular weight is 595 g/mol. The van der Waals surface area contributed by atoms with E-state index in [2.05, 4.69) is 16.4 Å². The van der Waals surface area contributed by atoms with Crippen molar-refractivity contribution in [2.24, 2.45) is 4.99 Å². The van der Waals surface area contributed by atoms with Crippen LogP contribution in [-0.2, 0) is 6.18 Å². The molecule has 1 fully saturated rings. The van der Waals surface area contributed by atoms with E-state index in [0.29, 0.717) is 22.5 Å². The summed E-state index contributed by atoms with van der Waals surface area (Å²) < 4.78 is 55.6. The number of aryl methyl sites for hydroxylation is 2. The van der Waals surface area contributed by atoms with Gasteiger partial charge in [0, 0.05) is 17.1 Å². The van der Waals surface area contributed by atoms with Gasteiger partial charge in [-0.25, -0.2) is 9.38 Å². The molecule has 4 rings (SSSR count). The van der Waals surface area contributed by atoms with Gasteiger partial charge in [-0.15, -0.1) is 0 Å². The molecule has 0 aliphatic carbocycles. The van der Waals surface area contributed by atoms with E-state index >= 15 is 4.39 Å². The lowest BCUT2D eigenvalue weighted by Gasteiger charge is -2.32. The Morgan fingerprint density at radius 3 is 2.15 bits per heavy atom. The van der Waals surface area contributed by atoms with Gasteiger partial charge >= 0.3 is 6.18 Å². The van der Waals surface area contributed by atoms with Crippen molar-refractivity contribution >= 4 is 57.6 Å². The molecule has 1 aliphatic heterocycles. The first kappa shape index (κ1) is 29.6. The summed E-state index contributed by atoms with van der Waals surface area (Å²) in [5.41, 5.74) is 0.00723. The Hall–Kier alpha value is -4.39. The Morgan fingerprint density at radius 2 is 1.59 bits per heavy atom. The molecule has 0 saturated carbocycles. The van der Waals surface area contributed by atoms with Crippen molar-refractivity contribution in [1.29, 1.82) is 10.5 Å². The molecule has 1 atom stereocenters. The first-order chi connectivity index (χ1) is 19.3. The first-order valence-electron chi connectivity index (χ1n) is 12.1. The predicted octanol–water partition coefficient (Wildman–Crippen LogP) is 7.20. The molecule has 0 spiro atoms. The van der Waals surface area contributed by atoms with Crippen LogP contribution >= 0.6 is 24.4 Å². The highest BCUT2D eigenvalue weighted by molar-refractivity contribution is 7.81. The molecule has 3 aromatic carbocycles. The molecule has 0 radical (unpaired) electrons. The van der Waals surface area contributed by atoms with Gasteiger partial charge in [-0.3, -0.25) is 4.90 Å². The van der Waals surface area contributed by atoms with E-state index in [4.69, 9.17) is 29.7 Å². The number of nitrogens with zero attached hydrogens (tertiary/aromatic N) is 5. The standard InChI is InChI=1S/C29H22F4N6S2/c1-17-4-9-22(10-5-17)39-27(41)38(23-11-7-19(14-34)18(2)12-23)25(28(39,3)16-30)37-26(40)36-21-8-6-20(15-35)24(13-21)29(31,32)33/h4-13H,16H2,1-3H3,(H,36,40)/b37-25+. The van der Waals surface area contributed by atoms with Crippen molar-refractivity contribution in [3.63, 3.8) is 0 Å². The molecule has 1 N–H and O–H groups in total. The van der Waals surface area contributed by atoms with Crippen LogP contribution in [0.3, 0.4) is 0 Å². The van der Waals surface area contributed by atoms with Crippen molar-refractivity contribution in [2.75, 3.05) is 21.8 Å². The lowest BCUT2D eigenvalue weighted by molar-refractivity contribution is -0.137. The van der Waals surface area contributed by atoms with E-state index in [0.717, 1.165) is 17.7 Å². The van der Waals surface area contributed by atoms with E-state index in [1.54, 1.807) is 49.1 Å². The summed E-state index contributed by atoms with van der Waals surface area (Å²) in [6.07, 6.45) is -4.76. The largest absolute Gasteiger partial charge is 0.417 e. The third-order valence-electron chi connectivity index (χ3n) is 6.61. The first-order valence-corrected chi connectivity index (χ1v) is 12.9. The Morgan fingerprint density at radius 1 is 0.976 bits per heavy atom. The molecule has 3 aromatic rings. The summed E-state index contributed by atoms with van der Waals surface area (Å²) in [6.45, 7) is 4.32. The lowest BCUT2D eigenvalue weighted by Crippen LogP contribution is -2.49. The van der Waals surface area contributed by atoms with Crippen LogP contribution in [0.4, 0.5) is 34.6 Å². The Kier molecular flexibility index (Phi) is 8.11. The minimum Gasteiger partial charge on any atom is -0.331 e. The average Bonchev–Trinajstić information content (AvgIpc) is 3.14. The van der Waals surface area contributed by atoms with Crippen LogP contribution < -0.4 is 15.1 Å². The quantitative estimate of drug-likeness (QED) is 0.253. The molecule has 0 aromatic heterocycles. The zero-order chi connectivity index (χ0) is 30.1. The minimum atomic E-state index is -4.76. The van der Waals surface area contributed by atoms with Gasteiger partial charge in [0.25, 0.3) is 0 Å². The highest BCUT2D eigenvalue weighted by Gasteiger charge is 2.52. The smallest absolute Gasteiger partial charge is 0.331 e. The van der Waals surface area contributed by atoms with Crippen LogP contribution in [0.5, 0.6) is 0 Å². The monoisotopic (exact) mass is 594 g/mol. The number of benzene rings is 3. The SMILES string of the molecule is Cc1ccc(N2C(=S)N(c3ccc(C#N)c(C)c3)/C(=N/C(=S)Nc3ccc(C#N)c(C(F)(F)F)c3)C2(C)CF)cc1. The maximum atomic E-state index is 15.1. The topological polar surface area (TPSA) is 78.4 Å². The second-order valence-corrected chi connectivity index (χ2v) is 10.3. The number of amidine groups is 1. The Balaban J connectivity index is 1.84. The summed E-state index contributed by atoms with van der Waals surface area (Å²) in [5, 5.41) is 21.1. The molecule has 12 heteroatoms. The molecule has 0 amide bonds. The number of alkyl halides is 4. The number of anilines is 3. The molecule has 6 nitrogen and oxygen atoms in total. The van der Waals surface area contributed by atoms with Crippen LogP contribution in [0.25, 0.3) is 0 Å². The molecular formula is C29H22F4N6S2. The van der Waals surface area contributed by atoms with Gasteiger partial charge in [0.1, 0.15) is 18.0 Å². The summed E-state index contributed by atoms with van der Waals surface area (Å²) >= 11 is 11.2. The second kappa shape index (κ2) is 11.2. The van der Waals surface area contributed by atoms with E-state index in [9.17, 15) is 18.4 Å². The number of rotatable bonds is 4. The van der Waals surface area contributed by atoms with Crippen molar-refractivity contribution in [3.8, 4) is 12.1 Å². The van der Waals surface area contributed by atoms with E-state index in [-0.39, 0.29) is 21.7 Å². The number of nitrogens with one attached hydrogen (secondary N) is 1. The number of thiocarbonyl (C=S) groups is 2. The summed E-state index contributed by atoms with van der Waals surface area (Å²) in [7, 11) is 0. The number of halogens is 4. The summed E-state index contributed by atoms with van der Waals surface area (Å²) in [6, 6.07) is 19.0. The molecule has 0 bridgehead atoms. The van der Waals surface area contributed by atoms with Gasteiger partial charge in [-0.05, 0) is 99.3 Å². The highest BCUT2D eigenvalue weighted by atomic mass is 32.1. The van der Waals surface area contributed by atoms with Gasteiger partial charge < -0.3 is 10.2 Å². The maximum Gasteiger partial charge on any atom is 0.417 e. The summed E-state index contributed by atoms with van der Waals surface area (Å²) in [5.74, 6) is 0.0943. The molecule has 1 saturated heterocycles. The number of nitriles is 2.